The predicted molar refractivity (Wildman–Crippen MR) is 113 cm³/mol. The van der Waals surface area contributed by atoms with Crippen molar-refractivity contribution in [3.8, 4) is 23.2 Å². The molecule has 1 saturated carbocycles. The van der Waals surface area contributed by atoms with Crippen LogP contribution in [0.4, 0.5) is 0 Å². The number of hydrogen-bond donors (Lipinski definition) is 0. The molecule has 0 spiro atoms. The lowest BCUT2D eigenvalue weighted by molar-refractivity contribution is -0.133. The molecular formula is C21H27N5O2S. The minimum Gasteiger partial charge on any atom is -0.497 e. The van der Waals surface area contributed by atoms with Gasteiger partial charge in [0.2, 0.25) is 5.91 Å². The number of ether oxygens (including phenoxy) is 1. The predicted octanol–water partition coefficient (Wildman–Crippen LogP) is 3.66. The zero-order chi connectivity index (χ0) is 21.0. The fourth-order valence-corrected chi connectivity index (χ4v) is 4.67. The van der Waals surface area contributed by atoms with Crippen LogP contribution in [-0.2, 0) is 11.8 Å². The van der Waals surface area contributed by atoms with Crippen molar-refractivity contribution in [1.29, 1.82) is 5.26 Å². The van der Waals surface area contributed by atoms with E-state index in [0.717, 1.165) is 49.2 Å². The van der Waals surface area contributed by atoms with Crippen molar-refractivity contribution >= 4 is 17.7 Å². The molecule has 3 rings (SSSR count). The normalized spacial score (nSPS) is 16.7. The van der Waals surface area contributed by atoms with Gasteiger partial charge in [-0.1, -0.05) is 31.0 Å². The zero-order valence-corrected chi connectivity index (χ0v) is 18.2. The van der Waals surface area contributed by atoms with Crippen LogP contribution in [0, 0.1) is 11.3 Å². The summed E-state index contributed by atoms with van der Waals surface area (Å²) in [7, 11) is 5.28. The number of methoxy groups -OCH3 is 1. The summed E-state index contributed by atoms with van der Waals surface area (Å²) in [5.74, 6) is 1.46. The van der Waals surface area contributed by atoms with E-state index in [4.69, 9.17) is 4.74 Å². The van der Waals surface area contributed by atoms with Crippen molar-refractivity contribution in [1.82, 2.24) is 19.7 Å². The van der Waals surface area contributed by atoms with E-state index in [9.17, 15) is 10.1 Å². The lowest BCUT2D eigenvalue weighted by Crippen LogP contribution is -2.52. The van der Waals surface area contributed by atoms with Gasteiger partial charge in [-0.2, -0.15) is 5.26 Å². The standard InChI is InChI=1S/C21H27N5O2S/c1-15(19(27)26(3)21(14-22)12-6-5-7-13-21)29-20-24-23-18(25(20)2)16-8-10-17(28-4)11-9-16/h8-11,15H,5-7,12-13H2,1-4H3/t15-/m1/s1. The molecule has 1 aromatic heterocycles. The van der Waals surface area contributed by atoms with Crippen molar-refractivity contribution in [2.75, 3.05) is 14.2 Å². The van der Waals surface area contributed by atoms with Crippen molar-refractivity contribution in [3.63, 3.8) is 0 Å². The molecule has 1 amide bonds. The summed E-state index contributed by atoms with van der Waals surface area (Å²) in [6, 6.07) is 10.0. The Balaban J connectivity index is 1.73. The summed E-state index contributed by atoms with van der Waals surface area (Å²) >= 11 is 1.37. The van der Waals surface area contributed by atoms with Gasteiger partial charge < -0.3 is 14.2 Å². The summed E-state index contributed by atoms with van der Waals surface area (Å²) < 4.78 is 7.08. The second kappa shape index (κ2) is 8.87. The van der Waals surface area contributed by atoms with Crippen LogP contribution in [0.15, 0.2) is 29.4 Å². The Morgan fingerprint density at radius 1 is 1.28 bits per heavy atom. The van der Waals surface area contributed by atoms with Crippen molar-refractivity contribution in [2.24, 2.45) is 7.05 Å². The van der Waals surface area contributed by atoms with E-state index in [2.05, 4.69) is 16.3 Å². The van der Waals surface area contributed by atoms with Crippen LogP contribution in [0.1, 0.15) is 39.0 Å². The van der Waals surface area contributed by atoms with E-state index in [1.165, 1.54) is 11.8 Å². The van der Waals surface area contributed by atoms with Gasteiger partial charge in [-0.3, -0.25) is 4.79 Å². The first-order valence-corrected chi connectivity index (χ1v) is 10.7. The van der Waals surface area contributed by atoms with Crippen LogP contribution >= 0.6 is 11.8 Å². The van der Waals surface area contributed by atoms with Crippen LogP contribution in [0.2, 0.25) is 0 Å². The first kappa shape index (κ1) is 21.2. The van der Waals surface area contributed by atoms with Gasteiger partial charge in [0.05, 0.1) is 18.4 Å². The fraction of sp³-hybridized carbons (Fsp3) is 0.524. The third-order valence-electron chi connectivity index (χ3n) is 5.67. The average Bonchev–Trinajstić information content (AvgIpc) is 3.13. The molecule has 8 heteroatoms. The summed E-state index contributed by atoms with van der Waals surface area (Å²) in [4.78, 5) is 14.7. The summed E-state index contributed by atoms with van der Waals surface area (Å²) in [6.07, 6.45) is 4.59. The van der Waals surface area contributed by atoms with E-state index in [1.807, 2.05) is 42.8 Å². The van der Waals surface area contributed by atoms with Crippen molar-refractivity contribution in [3.05, 3.63) is 24.3 Å². The smallest absolute Gasteiger partial charge is 0.236 e. The van der Waals surface area contributed by atoms with E-state index in [-0.39, 0.29) is 11.2 Å². The number of nitrogens with zero attached hydrogens (tertiary/aromatic N) is 5. The van der Waals surface area contributed by atoms with E-state index in [1.54, 1.807) is 19.1 Å². The number of nitriles is 1. The second-order valence-electron chi connectivity index (χ2n) is 7.46. The number of aromatic nitrogens is 3. The molecule has 0 unspecified atom stereocenters. The molecule has 1 aromatic carbocycles. The summed E-state index contributed by atoms with van der Waals surface area (Å²) in [5, 5.41) is 18.6. The highest BCUT2D eigenvalue weighted by molar-refractivity contribution is 8.00. The molecule has 7 nitrogen and oxygen atoms in total. The summed E-state index contributed by atoms with van der Waals surface area (Å²) in [6.45, 7) is 1.86. The Kier molecular flexibility index (Phi) is 6.48. The Labute approximate surface area is 176 Å². The fourth-order valence-electron chi connectivity index (χ4n) is 3.76. The number of rotatable bonds is 6. The van der Waals surface area contributed by atoms with Crippen LogP contribution in [0.25, 0.3) is 11.4 Å². The van der Waals surface area contributed by atoms with Crippen LogP contribution in [-0.4, -0.2) is 50.5 Å². The van der Waals surface area contributed by atoms with Gasteiger partial charge in [0.15, 0.2) is 11.0 Å². The maximum absolute atomic E-state index is 13.1. The van der Waals surface area contributed by atoms with Crippen LogP contribution in [0.5, 0.6) is 5.75 Å². The molecule has 0 radical (unpaired) electrons. The number of hydrogen-bond acceptors (Lipinski definition) is 6. The Morgan fingerprint density at radius 3 is 2.52 bits per heavy atom. The molecule has 29 heavy (non-hydrogen) atoms. The first-order valence-electron chi connectivity index (χ1n) is 9.81. The maximum atomic E-state index is 13.1. The SMILES string of the molecule is COc1ccc(-c2nnc(S[C@H](C)C(=O)N(C)C3(C#N)CCCCC3)n2C)cc1. The van der Waals surface area contributed by atoms with E-state index < -0.39 is 5.54 Å². The molecular weight excluding hydrogens is 386 g/mol. The van der Waals surface area contributed by atoms with E-state index in [0.29, 0.717) is 5.16 Å². The topological polar surface area (TPSA) is 84.0 Å². The van der Waals surface area contributed by atoms with Gasteiger partial charge in [-0.25, -0.2) is 0 Å². The monoisotopic (exact) mass is 413 g/mol. The lowest BCUT2D eigenvalue weighted by atomic mass is 9.81. The van der Waals surface area contributed by atoms with Gasteiger partial charge in [-0.15, -0.1) is 10.2 Å². The van der Waals surface area contributed by atoms with Gasteiger partial charge in [0, 0.05) is 19.7 Å². The van der Waals surface area contributed by atoms with Crippen molar-refractivity contribution < 1.29 is 9.53 Å². The Bertz CT molecular complexity index is 897. The third-order valence-corrected chi connectivity index (χ3v) is 6.80. The molecule has 1 aliphatic carbocycles. The molecule has 0 N–H and O–H groups in total. The van der Waals surface area contributed by atoms with Gasteiger partial charge >= 0.3 is 0 Å². The first-order chi connectivity index (χ1) is 13.9. The third kappa shape index (κ3) is 4.25. The maximum Gasteiger partial charge on any atom is 0.236 e. The molecule has 0 aliphatic heterocycles. The minimum absolute atomic E-state index is 0.0487. The van der Waals surface area contributed by atoms with Crippen LogP contribution < -0.4 is 4.74 Å². The van der Waals surface area contributed by atoms with Crippen LogP contribution in [0.3, 0.4) is 0 Å². The Morgan fingerprint density at radius 2 is 1.93 bits per heavy atom. The summed E-state index contributed by atoms with van der Waals surface area (Å²) in [5.41, 5.74) is 0.243. The minimum atomic E-state index is -0.682. The number of carbonyl (C=O) groups is 1. The highest BCUT2D eigenvalue weighted by Gasteiger charge is 2.40. The molecule has 1 fully saturated rings. The molecule has 154 valence electrons. The highest BCUT2D eigenvalue weighted by atomic mass is 32.2. The number of thioether (sulfide) groups is 1. The Hall–Kier alpha value is -2.53. The molecule has 0 bridgehead atoms. The molecule has 1 atom stereocenters. The van der Waals surface area contributed by atoms with Crippen molar-refractivity contribution in [2.45, 2.75) is 55.0 Å². The molecule has 2 aromatic rings. The second-order valence-corrected chi connectivity index (χ2v) is 8.76. The van der Waals surface area contributed by atoms with Gasteiger partial charge in [0.1, 0.15) is 11.3 Å². The highest BCUT2D eigenvalue weighted by Crippen LogP contribution is 2.34. The molecule has 1 aliphatic rings. The quantitative estimate of drug-likeness (QED) is 0.672. The van der Waals surface area contributed by atoms with Gasteiger partial charge in [0.25, 0.3) is 0 Å². The molecule has 0 saturated heterocycles. The zero-order valence-electron chi connectivity index (χ0n) is 17.4. The largest absolute Gasteiger partial charge is 0.497 e. The van der Waals surface area contributed by atoms with E-state index >= 15 is 0 Å². The molecule has 1 heterocycles. The average molecular weight is 414 g/mol. The lowest BCUT2D eigenvalue weighted by Gasteiger charge is -2.40. The number of carbonyl (C=O) groups excluding carboxylic acids is 1. The number of benzene rings is 1. The number of amides is 1. The van der Waals surface area contributed by atoms with Gasteiger partial charge in [-0.05, 0) is 44.0 Å².